The Balaban J connectivity index is 2.03. The molecule has 1 saturated carbocycles. The zero-order valence-corrected chi connectivity index (χ0v) is 10.3. The maximum Gasteiger partial charge on any atom is 0.240 e. The molecule has 0 saturated heterocycles. The largest absolute Gasteiger partial charge is 0.474 e. The lowest BCUT2D eigenvalue weighted by Crippen LogP contribution is -2.17. The van der Waals surface area contributed by atoms with Gasteiger partial charge in [-0.15, -0.1) is 0 Å². The molecule has 1 heterocycles. The van der Waals surface area contributed by atoms with E-state index in [-0.39, 0.29) is 6.10 Å². The highest BCUT2D eigenvalue weighted by Crippen LogP contribution is 2.22. The van der Waals surface area contributed by atoms with Crippen LogP contribution in [0.2, 0.25) is 0 Å². The summed E-state index contributed by atoms with van der Waals surface area (Å²) in [5.41, 5.74) is 3.31. The first-order valence-electron chi connectivity index (χ1n) is 6.27. The second-order valence-electron chi connectivity index (χ2n) is 4.55. The minimum absolute atomic E-state index is 0.289. The first-order chi connectivity index (χ1) is 8.28. The Kier molecular flexibility index (Phi) is 4.14. The van der Waals surface area contributed by atoms with E-state index < -0.39 is 0 Å². The van der Waals surface area contributed by atoms with Crippen molar-refractivity contribution >= 4 is 5.95 Å². The molecule has 1 aliphatic carbocycles. The van der Waals surface area contributed by atoms with E-state index in [4.69, 9.17) is 10.6 Å². The average molecular weight is 236 g/mol. The third-order valence-corrected chi connectivity index (χ3v) is 3.05. The topological polar surface area (TPSA) is 73.1 Å². The number of hydrogen-bond donors (Lipinski definition) is 2. The van der Waals surface area contributed by atoms with Crippen molar-refractivity contribution in [2.45, 2.75) is 51.6 Å². The molecule has 1 aromatic rings. The van der Waals surface area contributed by atoms with Crippen molar-refractivity contribution in [3.63, 3.8) is 0 Å². The quantitative estimate of drug-likeness (QED) is 0.478. The van der Waals surface area contributed by atoms with Gasteiger partial charge < -0.3 is 4.74 Å². The molecular formula is C12H20N4O. The van der Waals surface area contributed by atoms with E-state index in [1.54, 1.807) is 0 Å². The molecule has 1 aromatic heterocycles. The Morgan fingerprint density at radius 1 is 1.24 bits per heavy atom. The highest BCUT2D eigenvalue weighted by Gasteiger charge is 2.14. The van der Waals surface area contributed by atoms with E-state index in [1.165, 1.54) is 25.7 Å². The lowest BCUT2D eigenvalue weighted by molar-refractivity contribution is 0.176. The second-order valence-corrected chi connectivity index (χ2v) is 4.55. The van der Waals surface area contributed by atoms with Crippen LogP contribution in [0.3, 0.4) is 0 Å². The molecule has 17 heavy (non-hydrogen) atoms. The number of hydrazine groups is 1. The SMILES string of the molecule is Cc1cc(OC2CCCCCC2)nc(NN)n1. The van der Waals surface area contributed by atoms with Crippen LogP contribution in [0, 0.1) is 6.92 Å². The Hall–Kier alpha value is -1.36. The van der Waals surface area contributed by atoms with Crippen molar-refractivity contribution in [3.05, 3.63) is 11.8 Å². The van der Waals surface area contributed by atoms with Crippen LogP contribution in [0.25, 0.3) is 0 Å². The van der Waals surface area contributed by atoms with Gasteiger partial charge in [0.05, 0.1) is 0 Å². The standard InChI is InChI=1S/C12H20N4O/c1-9-8-11(15-12(14-9)16-13)17-10-6-4-2-3-5-7-10/h8,10H,2-7,13H2,1H3,(H,14,15,16). The second kappa shape index (κ2) is 5.82. The van der Waals surface area contributed by atoms with E-state index in [0.29, 0.717) is 11.8 Å². The van der Waals surface area contributed by atoms with Gasteiger partial charge in [0.15, 0.2) is 0 Å². The van der Waals surface area contributed by atoms with Crippen LogP contribution in [-0.4, -0.2) is 16.1 Å². The summed E-state index contributed by atoms with van der Waals surface area (Å²) in [5, 5.41) is 0. The molecule has 0 radical (unpaired) electrons. The maximum atomic E-state index is 5.91. The van der Waals surface area contributed by atoms with Crippen molar-refractivity contribution in [1.82, 2.24) is 9.97 Å². The molecule has 0 unspecified atom stereocenters. The van der Waals surface area contributed by atoms with E-state index in [2.05, 4.69) is 15.4 Å². The Bertz CT molecular complexity index is 362. The van der Waals surface area contributed by atoms with Crippen LogP contribution >= 0.6 is 0 Å². The highest BCUT2D eigenvalue weighted by molar-refractivity contribution is 5.29. The Morgan fingerprint density at radius 2 is 1.94 bits per heavy atom. The van der Waals surface area contributed by atoms with Crippen LogP contribution in [0.4, 0.5) is 5.95 Å². The van der Waals surface area contributed by atoms with Crippen LogP contribution in [0.1, 0.15) is 44.2 Å². The first-order valence-corrected chi connectivity index (χ1v) is 6.27. The van der Waals surface area contributed by atoms with Gasteiger partial charge in [0.2, 0.25) is 11.8 Å². The molecule has 5 heteroatoms. The molecule has 5 nitrogen and oxygen atoms in total. The van der Waals surface area contributed by atoms with Gasteiger partial charge >= 0.3 is 0 Å². The summed E-state index contributed by atoms with van der Waals surface area (Å²) in [7, 11) is 0. The monoisotopic (exact) mass is 236 g/mol. The molecule has 0 amide bonds. The maximum absolute atomic E-state index is 5.91. The minimum atomic E-state index is 0.289. The third kappa shape index (κ3) is 3.56. The molecule has 0 atom stereocenters. The number of nitrogens with one attached hydrogen (secondary N) is 1. The molecule has 0 spiro atoms. The van der Waals surface area contributed by atoms with Gasteiger partial charge in [-0.3, -0.25) is 5.43 Å². The van der Waals surface area contributed by atoms with Crippen molar-refractivity contribution < 1.29 is 4.74 Å². The van der Waals surface area contributed by atoms with Gasteiger partial charge in [-0.1, -0.05) is 12.8 Å². The van der Waals surface area contributed by atoms with E-state index in [9.17, 15) is 0 Å². The van der Waals surface area contributed by atoms with Crippen molar-refractivity contribution in [2.24, 2.45) is 5.84 Å². The minimum Gasteiger partial charge on any atom is -0.474 e. The molecule has 0 aliphatic heterocycles. The van der Waals surface area contributed by atoms with Gasteiger partial charge in [-0.05, 0) is 32.6 Å². The summed E-state index contributed by atoms with van der Waals surface area (Å²) >= 11 is 0. The smallest absolute Gasteiger partial charge is 0.240 e. The number of hydrogen-bond acceptors (Lipinski definition) is 5. The molecule has 1 fully saturated rings. The highest BCUT2D eigenvalue weighted by atomic mass is 16.5. The lowest BCUT2D eigenvalue weighted by Gasteiger charge is -2.16. The Labute approximate surface area is 102 Å². The number of nitrogen functional groups attached to an aromatic ring is 1. The van der Waals surface area contributed by atoms with E-state index in [0.717, 1.165) is 18.5 Å². The summed E-state index contributed by atoms with van der Waals surface area (Å²) in [5.74, 6) is 6.35. The number of nitrogens with zero attached hydrogens (tertiary/aromatic N) is 2. The number of nitrogens with two attached hydrogens (primary N) is 1. The van der Waals surface area contributed by atoms with Crippen LogP contribution in [0.5, 0.6) is 5.88 Å². The van der Waals surface area contributed by atoms with Gasteiger partial charge in [-0.2, -0.15) is 4.98 Å². The predicted molar refractivity (Wildman–Crippen MR) is 66.7 cm³/mol. The normalized spacial score (nSPS) is 17.5. The van der Waals surface area contributed by atoms with Crippen molar-refractivity contribution in [2.75, 3.05) is 5.43 Å². The number of ether oxygens (including phenoxy) is 1. The van der Waals surface area contributed by atoms with Crippen molar-refractivity contribution in [3.8, 4) is 5.88 Å². The van der Waals surface area contributed by atoms with Crippen LogP contribution < -0.4 is 16.0 Å². The number of anilines is 1. The first kappa shape index (κ1) is 12.1. The third-order valence-electron chi connectivity index (χ3n) is 3.05. The zero-order chi connectivity index (χ0) is 12.1. The fourth-order valence-corrected chi connectivity index (χ4v) is 2.20. The van der Waals surface area contributed by atoms with Crippen molar-refractivity contribution in [1.29, 1.82) is 0 Å². The summed E-state index contributed by atoms with van der Waals surface area (Å²) in [4.78, 5) is 8.34. The fourth-order valence-electron chi connectivity index (χ4n) is 2.20. The molecule has 0 aromatic carbocycles. The molecular weight excluding hydrogens is 216 g/mol. The molecule has 3 N–H and O–H groups in total. The summed E-state index contributed by atoms with van der Waals surface area (Å²) in [6.07, 6.45) is 7.66. The molecule has 0 bridgehead atoms. The molecule has 1 aliphatic rings. The number of aromatic nitrogens is 2. The summed E-state index contributed by atoms with van der Waals surface area (Å²) in [6.45, 7) is 1.91. The zero-order valence-electron chi connectivity index (χ0n) is 10.3. The average Bonchev–Trinajstić information content (AvgIpc) is 2.57. The van der Waals surface area contributed by atoms with Gasteiger partial charge in [-0.25, -0.2) is 10.8 Å². The Morgan fingerprint density at radius 3 is 2.59 bits per heavy atom. The van der Waals surface area contributed by atoms with Gasteiger partial charge in [0.1, 0.15) is 6.10 Å². The fraction of sp³-hybridized carbons (Fsp3) is 0.667. The van der Waals surface area contributed by atoms with Crippen LogP contribution in [0.15, 0.2) is 6.07 Å². The van der Waals surface area contributed by atoms with E-state index in [1.807, 2.05) is 13.0 Å². The van der Waals surface area contributed by atoms with Gasteiger partial charge in [0, 0.05) is 11.8 Å². The molecule has 2 rings (SSSR count). The van der Waals surface area contributed by atoms with Crippen LogP contribution in [-0.2, 0) is 0 Å². The lowest BCUT2D eigenvalue weighted by atomic mass is 10.1. The number of rotatable bonds is 3. The predicted octanol–water partition coefficient (Wildman–Crippen LogP) is 2.17. The molecule has 94 valence electrons. The van der Waals surface area contributed by atoms with E-state index >= 15 is 0 Å². The number of aryl methyl sites for hydroxylation is 1. The van der Waals surface area contributed by atoms with Gasteiger partial charge in [0.25, 0.3) is 0 Å². The summed E-state index contributed by atoms with van der Waals surface area (Å²) < 4.78 is 5.91. The summed E-state index contributed by atoms with van der Waals surface area (Å²) in [6, 6.07) is 1.85.